The van der Waals surface area contributed by atoms with E-state index in [-0.39, 0.29) is 11.3 Å². The molecule has 0 fully saturated rings. The van der Waals surface area contributed by atoms with E-state index in [1.54, 1.807) is 0 Å². The number of hydrogen-bond donors (Lipinski definition) is 1. The molecule has 5 nitrogen and oxygen atoms in total. The summed E-state index contributed by atoms with van der Waals surface area (Å²) in [4.78, 5) is 22.4. The van der Waals surface area contributed by atoms with Crippen LogP contribution in [-0.4, -0.2) is 26.2 Å². The van der Waals surface area contributed by atoms with Gasteiger partial charge in [0.15, 0.2) is 0 Å². The lowest BCUT2D eigenvalue weighted by Crippen LogP contribution is -2.06. The van der Waals surface area contributed by atoms with Gasteiger partial charge < -0.3 is 15.2 Å². The summed E-state index contributed by atoms with van der Waals surface area (Å²) in [5.74, 6) is -1.10. The minimum atomic E-state index is -0.572. The second kappa shape index (κ2) is 6.07. The molecule has 1 aromatic rings. The number of nitrogen functional groups attached to an aromatic ring is 1. The number of nitrogens with two attached hydrogens (primary N) is 1. The van der Waals surface area contributed by atoms with Crippen LogP contribution in [0.15, 0.2) is 18.2 Å². The number of carbonyl (C=O) groups excluding carboxylic acids is 2. The van der Waals surface area contributed by atoms with Crippen molar-refractivity contribution in [1.82, 2.24) is 0 Å². The first-order chi connectivity index (χ1) is 8.49. The van der Waals surface area contributed by atoms with E-state index in [0.717, 1.165) is 0 Å². The Balaban J connectivity index is 3.17. The molecular formula is C12H12ClNO4. The van der Waals surface area contributed by atoms with Crippen molar-refractivity contribution in [2.45, 2.75) is 0 Å². The summed E-state index contributed by atoms with van der Waals surface area (Å²) in [5.41, 5.74) is 6.51. The molecule has 0 amide bonds. The molecule has 0 atom stereocenters. The van der Waals surface area contributed by atoms with Gasteiger partial charge in [-0.3, -0.25) is 0 Å². The fourth-order valence-corrected chi connectivity index (χ4v) is 1.48. The van der Waals surface area contributed by atoms with Gasteiger partial charge in [-0.15, -0.1) is 0 Å². The highest BCUT2D eigenvalue weighted by Crippen LogP contribution is 2.25. The van der Waals surface area contributed by atoms with Crippen molar-refractivity contribution in [1.29, 1.82) is 0 Å². The Bertz CT molecular complexity index is 511. The van der Waals surface area contributed by atoms with Gasteiger partial charge in [-0.2, -0.15) is 0 Å². The zero-order valence-electron chi connectivity index (χ0n) is 9.90. The maximum absolute atomic E-state index is 11.4. The van der Waals surface area contributed by atoms with Gasteiger partial charge in [0.1, 0.15) is 0 Å². The molecule has 0 aliphatic carbocycles. The van der Waals surface area contributed by atoms with Gasteiger partial charge in [-0.05, 0) is 23.8 Å². The van der Waals surface area contributed by atoms with Crippen LogP contribution in [0.5, 0.6) is 0 Å². The zero-order chi connectivity index (χ0) is 13.7. The maximum atomic E-state index is 11.4. The first-order valence-electron chi connectivity index (χ1n) is 4.93. The summed E-state index contributed by atoms with van der Waals surface area (Å²) >= 11 is 5.94. The van der Waals surface area contributed by atoms with Gasteiger partial charge in [0.25, 0.3) is 0 Å². The fourth-order valence-electron chi connectivity index (χ4n) is 1.25. The molecule has 0 aliphatic heterocycles. The number of ether oxygens (including phenoxy) is 2. The lowest BCUT2D eigenvalue weighted by Gasteiger charge is -2.06. The number of benzene rings is 1. The van der Waals surface area contributed by atoms with Crippen LogP contribution in [0.25, 0.3) is 6.08 Å². The standard InChI is InChI=1S/C12H12ClNO4/c1-17-11(15)4-3-7-5-8(12(16)18-2)10(14)6-9(7)13/h3-6H,14H2,1-2H3. The molecule has 0 aromatic heterocycles. The van der Waals surface area contributed by atoms with Crippen LogP contribution in [-0.2, 0) is 14.3 Å². The topological polar surface area (TPSA) is 78.6 Å². The highest BCUT2D eigenvalue weighted by atomic mass is 35.5. The molecule has 18 heavy (non-hydrogen) atoms. The van der Waals surface area contributed by atoms with E-state index in [1.807, 2.05) is 0 Å². The molecule has 1 aromatic carbocycles. The summed E-state index contributed by atoms with van der Waals surface area (Å²) in [7, 11) is 2.51. The number of anilines is 1. The summed E-state index contributed by atoms with van der Waals surface area (Å²) in [6.45, 7) is 0. The van der Waals surface area contributed by atoms with Crippen molar-refractivity contribution in [3.8, 4) is 0 Å². The van der Waals surface area contributed by atoms with E-state index in [4.69, 9.17) is 17.3 Å². The molecule has 2 N–H and O–H groups in total. The molecule has 0 radical (unpaired) electrons. The average molecular weight is 270 g/mol. The molecular weight excluding hydrogens is 258 g/mol. The van der Waals surface area contributed by atoms with Gasteiger partial charge in [0, 0.05) is 16.8 Å². The lowest BCUT2D eigenvalue weighted by atomic mass is 10.1. The molecule has 0 bridgehead atoms. The molecule has 0 saturated carbocycles. The Morgan fingerprint density at radius 3 is 2.50 bits per heavy atom. The van der Waals surface area contributed by atoms with Crippen LogP contribution < -0.4 is 5.73 Å². The third-order valence-corrected chi connectivity index (χ3v) is 2.50. The maximum Gasteiger partial charge on any atom is 0.339 e. The number of esters is 2. The van der Waals surface area contributed by atoms with Crippen molar-refractivity contribution in [3.05, 3.63) is 34.4 Å². The van der Waals surface area contributed by atoms with Crippen molar-refractivity contribution >= 4 is 35.3 Å². The van der Waals surface area contributed by atoms with Crippen molar-refractivity contribution < 1.29 is 19.1 Å². The highest BCUT2D eigenvalue weighted by Gasteiger charge is 2.12. The molecule has 0 heterocycles. The third kappa shape index (κ3) is 3.24. The fraction of sp³-hybridized carbons (Fsp3) is 0.167. The van der Waals surface area contributed by atoms with Crippen LogP contribution in [0.3, 0.4) is 0 Å². The molecule has 1 rings (SSSR count). The van der Waals surface area contributed by atoms with E-state index in [1.165, 1.54) is 38.5 Å². The number of methoxy groups -OCH3 is 2. The van der Waals surface area contributed by atoms with Crippen LogP contribution in [0, 0.1) is 0 Å². The summed E-state index contributed by atoms with van der Waals surface area (Å²) in [5, 5.41) is 0.320. The molecule has 0 saturated heterocycles. The van der Waals surface area contributed by atoms with E-state index in [9.17, 15) is 9.59 Å². The lowest BCUT2D eigenvalue weighted by molar-refractivity contribution is -0.134. The third-order valence-electron chi connectivity index (χ3n) is 2.17. The Kier molecular flexibility index (Phi) is 4.74. The number of hydrogen-bond acceptors (Lipinski definition) is 5. The Morgan fingerprint density at radius 2 is 1.94 bits per heavy atom. The van der Waals surface area contributed by atoms with Gasteiger partial charge in [-0.1, -0.05) is 11.6 Å². The second-order valence-electron chi connectivity index (χ2n) is 3.31. The van der Waals surface area contributed by atoms with Crippen molar-refractivity contribution in [2.75, 3.05) is 20.0 Å². The molecule has 0 aliphatic rings. The van der Waals surface area contributed by atoms with Gasteiger partial charge >= 0.3 is 11.9 Å². The predicted octanol–water partition coefficient (Wildman–Crippen LogP) is 1.89. The van der Waals surface area contributed by atoms with Crippen LogP contribution in [0.4, 0.5) is 5.69 Å². The Morgan fingerprint density at radius 1 is 1.28 bits per heavy atom. The number of carbonyl (C=O) groups is 2. The van der Waals surface area contributed by atoms with E-state index >= 15 is 0 Å². The quantitative estimate of drug-likeness (QED) is 0.515. The Hall–Kier alpha value is -2.01. The normalized spacial score (nSPS) is 10.4. The molecule has 0 unspecified atom stereocenters. The van der Waals surface area contributed by atoms with Crippen molar-refractivity contribution in [2.24, 2.45) is 0 Å². The minimum Gasteiger partial charge on any atom is -0.466 e. The SMILES string of the molecule is COC(=O)C=Cc1cc(C(=O)OC)c(N)cc1Cl. The van der Waals surface area contributed by atoms with Crippen LogP contribution >= 0.6 is 11.6 Å². The second-order valence-corrected chi connectivity index (χ2v) is 3.72. The molecule has 0 spiro atoms. The van der Waals surface area contributed by atoms with E-state index < -0.39 is 11.9 Å². The van der Waals surface area contributed by atoms with Crippen LogP contribution in [0.2, 0.25) is 5.02 Å². The van der Waals surface area contributed by atoms with Gasteiger partial charge in [0.2, 0.25) is 0 Å². The molecule has 96 valence electrons. The number of rotatable bonds is 3. The zero-order valence-corrected chi connectivity index (χ0v) is 10.7. The van der Waals surface area contributed by atoms with Gasteiger partial charge in [0.05, 0.1) is 19.8 Å². The number of halogens is 1. The van der Waals surface area contributed by atoms with Crippen molar-refractivity contribution in [3.63, 3.8) is 0 Å². The highest BCUT2D eigenvalue weighted by molar-refractivity contribution is 6.32. The predicted molar refractivity (Wildman–Crippen MR) is 68.3 cm³/mol. The Labute approximate surface area is 109 Å². The summed E-state index contributed by atoms with van der Waals surface area (Å²) in [6.07, 6.45) is 2.62. The largest absolute Gasteiger partial charge is 0.466 e. The monoisotopic (exact) mass is 269 g/mol. The smallest absolute Gasteiger partial charge is 0.339 e. The summed E-state index contributed by atoms with van der Waals surface area (Å²) < 4.78 is 9.03. The van der Waals surface area contributed by atoms with E-state index in [0.29, 0.717) is 10.6 Å². The molecule has 6 heteroatoms. The first-order valence-corrected chi connectivity index (χ1v) is 5.30. The minimum absolute atomic E-state index is 0.186. The van der Waals surface area contributed by atoms with Crippen LogP contribution in [0.1, 0.15) is 15.9 Å². The average Bonchev–Trinajstić information content (AvgIpc) is 2.36. The first kappa shape index (κ1) is 14.1. The van der Waals surface area contributed by atoms with Gasteiger partial charge in [-0.25, -0.2) is 9.59 Å². The van der Waals surface area contributed by atoms with E-state index in [2.05, 4.69) is 9.47 Å². The summed E-state index contributed by atoms with van der Waals surface area (Å²) in [6, 6.07) is 2.87.